The molecule has 2 aliphatic carbocycles. The van der Waals surface area contributed by atoms with E-state index in [1.165, 1.54) is 38.7 Å². The summed E-state index contributed by atoms with van der Waals surface area (Å²) in [5.41, 5.74) is 2.61. The van der Waals surface area contributed by atoms with Gasteiger partial charge in [0, 0.05) is 18.1 Å². The van der Waals surface area contributed by atoms with E-state index in [0.717, 1.165) is 36.0 Å². The lowest BCUT2D eigenvalue weighted by Gasteiger charge is -2.13. The van der Waals surface area contributed by atoms with Crippen LogP contribution in [0.25, 0.3) is 0 Å². The first-order valence-electron chi connectivity index (χ1n) is 10.8. The van der Waals surface area contributed by atoms with Gasteiger partial charge >= 0.3 is 0 Å². The maximum absolute atomic E-state index is 11.5. The van der Waals surface area contributed by atoms with Crippen LogP contribution in [0.1, 0.15) is 64.4 Å². The summed E-state index contributed by atoms with van der Waals surface area (Å²) in [6.07, 6.45) is 16.2. The number of aryl methyl sites for hydroxylation is 1. The lowest BCUT2D eigenvalue weighted by molar-refractivity contribution is -0.114. The fourth-order valence-corrected chi connectivity index (χ4v) is 4.22. The van der Waals surface area contributed by atoms with E-state index in [-0.39, 0.29) is 22.3 Å². The van der Waals surface area contributed by atoms with E-state index in [2.05, 4.69) is 12.2 Å². The average molecular weight is 446 g/mol. The summed E-state index contributed by atoms with van der Waals surface area (Å²) >= 11 is 0. The Kier molecular flexibility index (Phi) is 9.40. The molecule has 2 aliphatic rings. The molecular formula is C24H31NO5S. The van der Waals surface area contributed by atoms with Crippen LogP contribution in [0.5, 0.6) is 0 Å². The first kappa shape index (κ1) is 24.8. The third-order valence-corrected chi connectivity index (χ3v) is 6.05. The van der Waals surface area contributed by atoms with E-state index < -0.39 is 10.1 Å². The van der Waals surface area contributed by atoms with Gasteiger partial charge in [-0.25, -0.2) is 0 Å². The van der Waals surface area contributed by atoms with Crippen molar-refractivity contribution < 1.29 is 22.6 Å². The lowest BCUT2D eigenvalue weighted by Crippen LogP contribution is -2.13. The molecule has 0 aliphatic heterocycles. The molecule has 2 bridgehead atoms. The molecule has 1 amide bonds. The number of hydrogen-bond acceptors (Lipinski definition) is 4. The highest BCUT2D eigenvalue weighted by molar-refractivity contribution is 7.86. The molecule has 2 N–H and O–H groups in total. The third kappa shape index (κ3) is 7.60. The second-order valence-electron chi connectivity index (χ2n) is 7.72. The number of carbonyl (C=O) groups is 2. The number of hydrogen-bond donors (Lipinski definition) is 2. The molecule has 0 saturated carbocycles. The minimum atomic E-state index is -4.36. The van der Waals surface area contributed by atoms with Gasteiger partial charge in [-0.1, -0.05) is 81.9 Å². The zero-order chi connectivity index (χ0) is 22.9. The van der Waals surface area contributed by atoms with E-state index in [1.54, 1.807) is 12.1 Å². The summed E-state index contributed by atoms with van der Waals surface area (Å²) in [5, 5.41) is 2.54. The maximum atomic E-state index is 11.5. The minimum absolute atomic E-state index is 0.185. The van der Waals surface area contributed by atoms with Crippen LogP contribution in [-0.2, 0) is 26.1 Å². The number of carbonyl (C=O) groups excluding carboxylic acids is 2. The normalized spacial score (nSPS) is 14.1. The van der Waals surface area contributed by atoms with Crippen LogP contribution in [0.15, 0.2) is 58.5 Å². The van der Waals surface area contributed by atoms with Crippen molar-refractivity contribution in [2.75, 3.05) is 5.32 Å². The van der Waals surface area contributed by atoms with Crippen LogP contribution in [0.3, 0.4) is 0 Å². The maximum Gasteiger partial charge on any atom is 0.296 e. The van der Waals surface area contributed by atoms with Gasteiger partial charge in [0.15, 0.2) is 5.78 Å². The van der Waals surface area contributed by atoms with Gasteiger partial charge in [0.25, 0.3) is 10.1 Å². The second-order valence-corrected chi connectivity index (χ2v) is 9.11. The van der Waals surface area contributed by atoms with Crippen molar-refractivity contribution in [2.45, 2.75) is 70.1 Å². The Labute approximate surface area is 184 Å². The van der Waals surface area contributed by atoms with Crippen molar-refractivity contribution in [1.82, 2.24) is 0 Å². The van der Waals surface area contributed by atoms with Gasteiger partial charge < -0.3 is 5.32 Å². The quantitative estimate of drug-likeness (QED) is 0.382. The van der Waals surface area contributed by atoms with Crippen molar-refractivity contribution in [3.05, 3.63) is 59.2 Å². The molecule has 0 unspecified atom stereocenters. The SMILES string of the molecule is CCCCCCCCCc1cccc(S(=O)(=O)O)c1NC(C)=O.O=C1C2=CC=C1C=C2. The first-order valence-corrected chi connectivity index (χ1v) is 12.2. The third-order valence-electron chi connectivity index (χ3n) is 5.15. The monoisotopic (exact) mass is 445 g/mol. The van der Waals surface area contributed by atoms with Gasteiger partial charge in [0.1, 0.15) is 4.90 Å². The molecule has 7 heteroatoms. The average Bonchev–Trinajstić information content (AvgIpc) is 3.24. The Balaban J connectivity index is 0.000000348. The molecule has 1 aromatic rings. The number of anilines is 1. The Morgan fingerprint density at radius 1 is 0.968 bits per heavy atom. The second kappa shape index (κ2) is 11.8. The molecule has 0 atom stereocenters. The highest BCUT2D eigenvalue weighted by atomic mass is 32.2. The molecule has 31 heavy (non-hydrogen) atoms. The number of amides is 1. The van der Waals surface area contributed by atoms with Crippen LogP contribution < -0.4 is 5.32 Å². The summed E-state index contributed by atoms with van der Waals surface area (Å²) in [6, 6.07) is 4.68. The Morgan fingerprint density at radius 2 is 1.55 bits per heavy atom. The molecule has 6 nitrogen and oxygen atoms in total. The van der Waals surface area contributed by atoms with Gasteiger partial charge in [-0.05, 0) is 24.5 Å². The number of para-hydroxylation sites is 1. The number of allylic oxidation sites excluding steroid dienone is 6. The van der Waals surface area contributed by atoms with E-state index in [1.807, 2.05) is 24.3 Å². The summed E-state index contributed by atoms with van der Waals surface area (Å²) in [7, 11) is -4.36. The van der Waals surface area contributed by atoms with Crippen LogP contribution in [-0.4, -0.2) is 24.7 Å². The zero-order valence-corrected chi connectivity index (χ0v) is 19.0. The van der Waals surface area contributed by atoms with Crippen molar-refractivity contribution >= 4 is 27.5 Å². The van der Waals surface area contributed by atoms with Crippen molar-refractivity contribution in [3.8, 4) is 0 Å². The number of benzene rings is 1. The number of fused-ring (bicyclic) bond motifs is 2. The largest absolute Gasteiger partial charge is 0.325 e. The molecular weight excluding hydrogens is 414 g/mol. The molecule has 0 saturated heterocycles. The van der Waals surface area contributed by atoms with E-state index in [9.17, 15) is 22.6 Å². The molecule has 0 spiro atoms. The molecule has 3 rings (SSSR count). The van der Waals surface area contributed by atoms with Crippen molar-refractivity contribution in [2.24, 2.45) is 0 Å². The Morgan fingerprint density at radius 3 is 2.00 bits per heavy atom. The topological polar surface area (TPSA) is 101 Å². The predicted octanol–water partition coefficient (Wildman–Crippen LogP) is 5.18. The van der Waals surface area contributed by atoms with Crippen LogP contribution in [0.2, 0.25) is 0 Å². The number of nitrogens with one attached hydrogen (secondary N) is 1. The van der Waals surface area contributed by atoms with Crippen LogP contribution >= 0.6 is 0 Å². The minimum Gasteiger partial charge on any atom is -0.325 e. The summed E-state index contributed by atoms with van der Waals surface area (Å²) in [4.78, 5) is 21.9. The molecule has 1 aromatic carbocycles. The predicted molar refractivity (Wildman–Crippen MR) is 123 cm³/mol. The summed E-state index contributed by atoms with van der Waals surface area (Å²) in [6.45, 7) is 3.50. The zero-order valence-electron chi connectivity index (χ0n) is 18.2. The fourth-order valence-electron chi connectivity index (χ4n) is 3.53. The number of unbranched alkanes of at least 4 members (excludes halogenated alkanes) is 6. The molecule has 0 fully saturated rings. The number of Topliss-reactive ketones (excluding diaryl/α,β-unsaturated/α-hetero) is 1. The van der Waals surface area contributed by atoms with Gasteiger partial charge in [0.2, 0.25) is 5.91 Å². The number of rotatable bonds is 10. The lowest BCUT2D eigenvalue weighted by atomic mass is 10.0. The molecule has 0 aromatic heterocycles. The van der Waals surface area contributed by atoms with Gasteiger partial charge in [0.05, 0.1) is 5.69 Å². The molecule has 0 radical (unpaired) electrons. The Bertz CT molecular complexity index is 979. The number of ketones is 1. The van der Waals surface area contributed by atoms with E-state index >= 15 is 0 Å². The van der Waals surface area contributed by atoms with E-state index in [0.29, 0.717) is 6.42 Å². The van der Waals surface area contributed by atoms with Crippen LogP contribution in [0.4, 0.5) is 5.69 Å². The smallest absolute Gasteiger partial charge is 0.296 e. The van der Waals surface area contributed by atoms with Gasteiger partial charge in [-0.15, -0.1) is 0 Å². The first-order chi connectivity index (χ1) is 14.7. The van der Waals surface area contributed by atoms with Crippen molar-refractivity contribution in [3.63, 3.8) is 0 Å². The molecule has 0 heterocycles. The summed E-state index contributed by atoms with van der Waals surface area (Å²) < 4.78 is 32.3. The Hall–Kier alpha value is -2.51. The van der Waals surface area contributed by atoms with Gasteiger partial charge in [-0.2, -0.15) is 8.42 Å². The molecule has 168 valence electrons. The van der Waals surface area contributed by atoms with Gasteiger partial charge in [-0.3, -0.25) is 14.1 Å². The van der Waals surface area contributed by atoms with Crippen molar-refractivity contribution in [1.29, 1.82) is 0 Å². The summed E-state index contributed by atoms with van der Waals surface area (Å²) in [5.74, 6) is -0.174. The standard InChI is InChI=1S/C17H27NO4S.C7H4O/c1-3-4-5-6-7-8-9-11-15-12-10-13-16(23(20,21)22)17(15)18-14(2)19;8-7-5-1-2-6(7)4-3-5/h10,12-13H,3-9,11H2,1-2H3,(H,18,19)(H,20,21,22);1-4H. The highest BCUT2D eigenvalue weighted by Gasteiger charge is 2.20. The van der Waals surface area contributed by atoms with E-state index in [4.69, 9.17) is 0 Å². The highest BCUT2D eigenvalue weighted by Crippen LogP contribution is 2.27. The van der Waals surface area contributed by atoms with Crippen LogP contribution in [0, 0.1) is 0 Å². The fraction of sp³-hybridized carbons (Fsp3) is 0.417.